The van der Waals surface area contributed by atoms with Crippen molar-refractivity contribution in [1.29, 1.82) is 0 Å². The molecule has 1 aliphatic carbocycles. The fourth-order valence-corrected chi connectivity index (χ4v) is 5.53. The average molecular weight is 287 g/mol. The van der Waals surface area contributed by atoms with Gasteiger partial charge in [0.05, 0.1) is 0 Å². The quantitative estimate of drug-likeness (QED) is 0.829. The number of hydrogen-bond donors (Lipinski definition) is 1. The lowest BCUT2D eigenvalue weighted by atomic mass is 9.96. The minimum Gasteiger partial charge on any atom is -0.316 e. The Bertz CT molecular complexity index is 400. The number of rotatable bonds is 3. The van der Waals surface area contributed by atoms with Gasteiger partial charge in [0, 0.05) is 26.2 Å². The zero-order chi connectivity index (χ0) is 13.5. The Labute approximate surface area is 116 Å². The van der Waals surface area contributed by atoms with Crippen molar-refractivity contribution in [3.63, 3.8) is 0 Å². The van der Waals surface area contributed by atoms with Gasteiger partial charge in [0.1, 0.15) is 0 Å². The highest BCUT2D eigenvalue weighted by molar-refractivity contribution is 7.86. The maximum absolute atomic E-state index is 12.7. The number of nitrogens with one attached hydrogen (secondary N) is 1. The van der Waals surface area contributed by atoms with E-state index in [1.807, 2.05) is 0 Å². The second kappa shape index (κ2) is 5.31. The van der Waals surface area contributed by atoms with Crippen molar-refractivity contribution < 1.29 is 8.42 Å². The third-order valence-electron chi connectivity index (χ3n) is 5.14. The van der Waals surface area contributed by atoms with Gasteiger partial charge in [-0.1, -0.05) is 19.3 Å². The summed E-state index contributed by atoms with van der Waals surface area (Å²) in [6.07, 6.45) is 5.64. The van der Waals surface area contributed by atoms with Gasteiger partial charge >= 0.3 is 0 Å². The molecule has 0 bridgehead atoms. The zero-order valence-corrected chi connectivity index (χ0v) is 12.5. The molecule has 6 heteroatoms. The molecule has 2 saturated heterocycles. The van der Waals surface area contributed by atoms with Crippen molar-refractivity contribution in [2.24, 2.45) is 11.8 Å². The van der Waals surface area contributed by atoms with E-state index >= 15 is 0 Å². The van der Waals surface area contributed by atoms with E-state index in [0.717, 1.165) is 25.9 Å². The molecule has 2 aliphatic heterocycles. The van der Waals surface area contributed by atoms with E-state index in [0.29, 0.717) is 24.9 Å². The third-order valence-corrected chi connectivity index (χ3v) is 7.11. The predicted molar refractivity (Wildman–Crippen MR) is 75.0 cm³/mol. The molecule has 0 radical (unpaired) electrons. The molecular formula is C13H25N3O2S. The number of fused-ring (bicyclic) bond motifs is 1. The van der Waals surface area contributed by atoms with E-state index < -0.39 is 10.2 Å². The van der Waals surface area contributed by atoms with Gasteiger partial charge in [-0.25, -0.2) is 0 Å². The molecule has 0 aromatic heterocycles. The van der Waals surface area contributed by atoms with Crippen LogP contribution in [0.2, 0.25) is 0 Å². The van der Waals surface area contributed by atoms with Crippen molar-refractivity contribution in [2.45, 2.75) is 38.1 Å². The van der Waals surface area contributed by atoms with E-state index in [9.17, 15) is 8.42 Å². The summed E-state index contributed by atoms with van der Waals surface area (Å²) < 4.78 is 28.8. The number of hydrogen-bond acceptors (Lipinski definition) is 3. The Morgan fingerprint density at radius 2 is 1.63 bits per heavy atom. The molecule has 1 saturated carbocycles. The second-order valence-corrected chi connectivity index (χ2v) is 8.30. The molecular weight excluding hydrogens is 262 g/mol. The summed E-state index contributed by atoms with van der Waals surface area (Å²) in [7, 11) is -1.47. The van der Waals surface area contributed by atoms with Crippen molar-refractivity contribution in [2.75, 3.05) is 33.2 Å². The van der Waals surface area contributed by atoms with E-state index in [-0.39, 0.29) is 6.04 Å². The Morgan fingerprint density at radius 3 is 2.21 bits per heavy atom. The highest BCUT2D eigenvalue weighted by Gasteiger charge is 2.43. The van der Waals surface area contributed by atoms with Gasteiger partial charge in [-0.2, -0.15) is 17.0 Å². The molecule has 5 nitrogen and oxygen atoms in total. The zero-order valence-electron chi connectivity index (χ0n) is 11.7. The van der Waals surface area contributed by atoms with E-state index in [4.69, 9.17) is 0 Å². The second-order valence-electron chi connectivity index (χ2n) is 6.31. The molecule has 110 valence electrons. The Hall–Kier alpha value is -0.170. The Balaban J connectivity index is 1.68. The summed E-state index contributed by atoms with van der Waals surface area (Å²) in [5.74, 6) is 1.05. The van der Waals surface area contributed by atoms with Crippen molar-refractivity contribution in [3.05, 3.63) is 0 Å². The lowest BCUT2D eigenvalue weighted by Crippen LogP contribution is -2.47. The van der Waals surface area contributed by atoms with Gasteiger partial charge < -0.3 is 5.32 Å². The SMILES string of the molecule is CN(C1CCCCC1)S(=O)(=O)N1CC2CNCC2C1. The van der Waals surface area contributed by atoms with E-state index in [2.05, 4.69) is 5.32 Å². The summed E-state index contributed by atoms with van der Waals surface area (Å²) in [4.78, 5) is 0. The first-order chi connectivity index (χ1) is 9.09. The fourth-order valence-electron chi connectivity index (χ4n) is 3.82. The predicted octanol–water partition coefficient (Wildman–Crippen LogP) is 0.647. The van der Waals surface area contributed by atoms with Crippen LogP contribution in [0.15, 0.2) is 0 Å². The maximum Gasteiger partial charge on any atom is 0.281 e. The van der Waals surface area contributed by atoms with Crippen LogP contribution in [-0.2, 0) is 10.2 Å². The van der Waals surface area contributed by atoms with Crippen LogP contribution in [0, 0.1) is 11.8 Å². The van der Waals surface area contributed by atoms with Crippen LogP contribution in [0.5, 0.6) is 0 Å². The topological polar surface area (TPSA) is 52.7 Å². The summed E-state index contributed by atoms with van der Waals surface area (Å²) in [5, 5.41) is 3.35. The molecule has 19 heavy (non-hydrogen) atoms. The molecule has 3 aliphatic rings. The van der Waals surface area contributed by atoms with Crippen LogP contribution in [0.25, 0.3) is 0 Å². The monoisotopic (exact) mass is 287 g/mol. The molecule has 1 N–H and O–H groups in total. The largest absolute Gasteiger partial charge is 0.316 e. The Morgan fingerprint density at radius 1 is 1.05 bits per heavy atom. The van der Waals surface area contributed by atoms with Crippen LogP contribution < -0.4 is 5.32 Å². The summed E-state index contributed by atoms with van der Waals surface area (Å²) in [5.41, 5.74) is 0. The maximum atomic E-state index is 12.7. The van der Waals surface area contributed by atoms with Crippen LogP contribution >= 0.6 is 0 Å². The van der Waals surface area contributed by atoms with Gasteiger partial charge in [-0.3, -0.25) is 0 Å². The molecule has 0 spiro atoms. The lowest BCUT2D eigenvalue weighted by molar-refractivity contribution is 0.267. The first-order valence-electron chi connectivity index (χ1n) is 7.53. The highest BCUT2D eigenvalue weighted by Crippen LogP contribution is 2.31. The van der Waals surface area contributed by atoms with Crippen LogP contribution in [0.1, 0.15) is 32.1 Å². The van der Waals surface area contributed by atoms with Gasteiger partial charge in [0.15, 0.2) is 0 Å². The smallest absolute Gasteiger partial charge is 0.281 e. The highest BCUT2D eigenvalue weighted by atomic mass is 32.2. The summed E-state index contributed by atoms with van der Waals surface area (Å²) >= 11 is 0. The van der Waals surface area contributed by atoms with Gasteiger partial charge in [-0.15, -0.1) is 0 Å². The Kier molecular flexibility index (Phi) is 3.86. The first kappa shape index (κ1) is 13.8. The van der Waals surface area contributed by atoms with Gasteiger partial charge in [-0.05, 0) is 37.8 Å². The molecule has 0 amide bonds. The molecule has 0 aromatic rings. The molecule has 3 fully saturated rings. The molecule has 0 aromatic carbocycles. The standard InChI is InChI=1S/C13H25N3O2S/c1-15(13-5-3-2-4-6-13)19(17,18)16-9-11-7-14-8-12(11)10-16/h11-14H,2-10H2,1H3. The minimum absolute atomic E-state index is 0.220. The van der Waals surface area contributed by atoms with Gasteiger partial charge in [0.25, 0.3) is 10.2 Å². The van der Waals surface area contributed by atoms with Crippen LogP contribution in [0.4, 0.5) is 0 Å². The van der Waals surface area contributed by atoms with E-state index in [1.165, 1.54) is 19.3 Å². The van der Waals surface area contributed by atoms with Gasteiger partial charge in [0.2, 0.25) is 0 Å². The fraction of sp³-hybridized carbons (Fsp3) is 1.00. The van der Waals surface area contributed by atoms with E-state index in [1.54, 1.807) is 15.7 Å². The third kappa shape index (κ3) is 2.55. The normalized spacial score (nSPS) is 34.0. The first-order valence-corrected chi connectivity index (χ1v) is 8.92. The lowest BCUT2D eigenvalue weighted by Gasteiger charge is -2.33. The molecule has 2 heterocycles. The molecule has 2 atom stereocenters. The van der Waals surface area contributed by atoms with Crippen LogP contribution in [0.3, 0.4) is 0 Å². The van der Waals surface area contributed by atoms with Crippen molar-refractivity contribution >= 4 is 10.2 Å². The summed E-state index contributed by atoms with van der Waals surface area (Å²) in [6, 6.07) is 0.220. The van der Waals surface area contributed by atoms with Crippen molar-refractivity contribution in [1.82, 2.24) is 13.9 Å². The molecule has 2 unspecified atom stereocenters. The molecule has 3 rings (SSSR count). The number of nitrogens with zero attached hydrogens (tertiary/aromatic N) is 2. The summed E-state index contributed by atoms with van der Waals surface area (Å²) in [6.45, 7) is 3.36. The van der Waals surface area contributed by atoms with Crippen LogP contribution in [-0.4, -0.2) is 56.3 Å². The average Bonchev–Trinajstić information content (AvgIpc) is 2.99. The minimum atomic E-state index is -3.24. The van der Waals surface area contributed by atoms with Crippen molar-refractivity contribution in [3.8, 4) is 0 Å².